The van der Waals surface area contributed by atoms with Gasteiger partial charge in [0.1, 0.15) is 8.80 Å². The standard InChI is InChI=1S/C17H18Si/c1-2-8-15(9-3-1)14-18(16-10-4-5-11-16)17-12-6-7-13-17/h1-4,6,8-13,18H,5,7,14H2. The smallest absolute Gasteiger partial charge is 0.0814 e. The lowest BCUT2D eigenvalue weighted by Crippen LogP contribution is -2.21. The number of hydrogen-bond donors (Lipinski definition) is 0. The van der Waals surface area contributed by atoms with Crippen molar-refractivity contribution < 1.29 is 0 Å². The summed E-state index contributed by atoms with van der Waals surface area (Å²) in [6.45, 7) is 0. The van der Waals surface area contributed by atoms with Crippen molar-refractivity contribution >= 4 is 8.80 Å². The van der Waals surface area contributed by atoms with Gasteiger partial charge < -0.3 is 0 Å². The minimum absolute atomic E-state index is 1.02. The van der Waals surface area contributed by atoms with E-state index in [2.05, 4.69) is 66.8 Å². The molecule has 18 heavy (non-hydrogen) atoms. The molecular formula is C17H18Si. The molecule has 0 atom stereocenters. The van der Waals surface area contributed by atoms with Gasteiger partial charge in [-0.1, -0.05) is 82.7 Å². The number of rotatable bonds is 4. The first-order valence-corrected chi connectivity index (χ1v) is 8.68. The zero-order valence-corrected chi connectivity index (χ0v) is 11.7. The maximum atomic E-state index is 2.42. The van der Waals surface area contributed by atoms with Crippen molar-refractivity contribution in [3.8, 4) is 0 Å². The first-order chi connectivity index (χ1) is 8.93. The van der Waals surface area contributed by atoms with E-state index in [1.165, 1.54) is 11.6 Å². The van der Waals surface area contributed by atoms with Gasteiger partial charge in [0.2, 0.25) is 0 Å². The minimum atomic E-state index is -1.02. The van der Waals surface area contributed by atoms with Crippen molar-refractivity contribution in [1.29, 1.82) is 0 Å². The fourth-order valence-corrected chi connectivity index (χ4v) is 5.93. The van der Waals surface area contributed by atoms with E-state index in [1.807, 2.05) is 0 Å². The van der Waals surface area contributed by atoms with Crippen LogP contribution in [-0.4, -0.2) is 8.80 Å². The summed E-state index contributed by atoms with van der Waals surface area (Å²) < 4.78 is 0. The second kappa shape index (κ2) is 5.36. The summed E-state index contributed by atoms with van der Waals surface area (Å²) in [4.78, 5) is 0. The second-order valence-corrected chi connectivity index (χ2v) is 7.77. The van der Waals surface area contributed by atoms with Crippen LogP contribution in [0.15, 0.2) is 77.2 Å². The summed E-state index contributed by atoms with van der Waals surface area (Å²) in [5.41, 5.74) is 1.48. The Morgan fingerprint density at radius 3 is 1.94 bits per heavy atom. The lowest BCUT2D eigenvalue weighted by molar-refractivity contribution is 1.35. The Hall–Kier alpha value is -1.60. The first-order valence-electron chi connectivity index (χ1n) is 6.70. The van der Waals surface area contributed by atoms with Crippen molar-refractivity contribution in [2.24, 2.45) is 0 Å². The van der Waals surface area contributed by atoms with Crippen LogP contribution < -0.4 is 0 Å². The zero-order chi connectivity index (χ0) is 12.2. The van der Waals surface area contributed by atoms with Crippen LogP contribution in [0.2, 0.25) is 0 Å². The van der Waals surface area contributed by atoms with E-state index in [-0.39, 0.29) is 0 Å². The summed E-state index contributed by atoms with van der Waals surface area (Å²) in [7, 11) is -1.02. The molecule has 3 rings (SSSR count). The average molecular weight is 250 g/mol. The van der Waals surface area contributed by atoms with Gasteiger partial charge >= 0.3 is 0 Å². The van der Waals surface area contributed by atoms with Gasteiger partial charge in [0, 0.05) is 0 Å². The molecule has 0 unspecified atom stereocenters. The molecule has 0 nitrogen and oxygen atoms in total. The fraction of sp³-hybridized carbons (Fsp3) is 0.176. The van der Waals surface area contributed by atoms with Gasteiger partial charge in [-0.25, -0.2) is 0 Å². The van der Waals surface area contributed by atoms with Crippen molar-refractivity contribution in [2.45, 2.75) is 18.9 Å². The Morgan fingerprint density at radius 2 is 1.44 bits per heavy atom. The highest BCUT2D eigenvalue weighted by Gasteiger charge is 2.20. The fourth-order valence-electron chi connectivity index (χ4n) is 2.75. The number of hydrogen-bond acceptors (Lipinski definition) is 0. The Morgan fingerprint density at radius 1 is 0.833 bits per heavy atom. The van der Waals surface area contributed by atoms with Crippen LogP contribution in [-0.2, 0) is 6.04 Å². The maximum absolute atomic E-state index is 2.42. The van der Waals surface area contributed by atoms with Crippen LogP contribution in [0.25, 0.3) is 0 Å². The third-order valence-corrected chi connectivity index (χ3v) is 7.03. The van der Waals surface area contributed by atoms with Crippen LogP contribution in [0.5, 0.6) is 0 Å². The Bertz CT molecular complexity index is 502. The summed E-state index contributed by atoms with van der Waals surface area (Å²) >= 11 is 0. The van der Waals surface area contributed by atoms with Crippen LogP contribution >= 0.6 is 0 Å². The van der Waals surface area contributed by atoms with Crippen LogP contribution in [0.3, 0.4) is 0 Å². The molecular weight excluding hydrogens is 232 g/mol. The molecule has 2 aliphatic carbocycles. The normalized spacial score (nSPS) is 17.4. The summed E-state index contributed by atoms with van der Waals surface area (Å²) in [5.74, 6) is 0. The second-order valence-electron chi connectivity index (χ2n) is 4.93. The van der Waals surface area contributed by atoms with E-state index in [0.717, 1.165) is 12.8 Å². The highest BCUT2D eigenvalue weighted by Crippen LogP contribution is 2.24. The van der Waals surface area contributed by atoms with Crippen LogP contribution in [0, 0.1) is 0 Å². The number of allylic oxidation sites excluding steroid dienone is 8. The van der Waals surface area contributed by atoms with E-state index in [1.54, 1.807) is 10.4 Å². The Kier molecular flexibility index (Phi) is 3.42. The maximum Gasteiger partial charge on any atom is 0.106 e. The monoisotopic (exact) mass is 250 g/mol. The van der Waals surface area contributed by atoms with Crippen LogP contribution in [0.1, 0.15) is 18.4 Å². The number of benzene rings is 1. The molecule has 2 aliphatic rings. The molecule has 0 amide bonds. The molecule has 0 spiro atoms. The molecule has 0 N–H and O–H groups in total. The highest BCUT2D eigenvalue weighted by molar-refractivity contribution is 6.75. The first kappa shape index (κ1) is 11.5. The molecule has 0 fully saturated rings. The average Bonchev–Trinajstić information content (AvgIpc) is 3.11. The molecule has 1 heteroatoms. The predicted molar refractivity (Wildman–Crippen MR) is 81.0 cm³/mol. The third-order valence-electron chi connectivity index (χ3n) is 3.69. The van der Waals surface area contributed by atoms with E-state index < -0.39 is 8.80 Å². The van der Waals surface area contributed by atoms with Crippen molar-refractivity contribution in [1.82, 2.24) is 0 Å². The molecule has 0 radical (unpaired) electrons. The largest absolute Gasteiger partial charge is 0.106 e. The highest BCUT2D eigenvalue weighted by atomic mass is 28.3. The van der Waals surface area contributed by atoms with E-state index in [4.69, 9.17) is 0 Å². The Balaban J connectivity index is 1.86. The van der Waals surface area contributed by atoms with Gasteiger partial charge in [-0.3, -0.25) is 0 Å². The van der Waals surface area contributed by atoms with Gasteiger partial charge in [-0.2, -0.15) is 0 Å². The van der Waals surface area contributed by atoms with Crippen LogP contribution in [0.4, 0.5) is 0 Å². The topological polar surface area (TPSA) is 0 Å². The molecule has 0 bridgehead atoms. The lowest BCUT2D eigenvalue weighted by Gasteiger charge is -2.16. The van der Waals surface area contributed by atoms with Gasteiger partial charge in [-0.15, -0.1) is 0 Å². The molecule has 1 aromatic carbocycles. The molecule has 0 aliphatic heterocycles. The lowest BCUT2D eigenvalue weighted by atomic mass is 10.2. The minimum Gasteiger partial charge on any atom is -0.0814 e. The molecule has 0 heterocycles. The molecule has 0 saturated heterocycles. The zero-order valence-electron chi connectivity index (χ0n) is 10.5. The van der Waals surface area contributed by atoms with Crippen molar-refractivity contribution in [3.63, 3.8) is 0 Å². The van der Waals surface area contributed by atoms with E-state index in [0.29, 0.717) is 0 Å². The summed E-state index contributed by atoms with van der Waals surface area (Å²) in [6.07, 6.45) is 16.4. The van der Waals surface area contributed by atoms with Crippen molar-refractivity contribution in [3.05, 3.63) is 82.7 Å². The SMILES string of the molecule is C1=CC([SiH](Cc2ccccc2)C2=CCC=C2)=CC1. The van der Waals surface area contributed by atoms with Crippen molar-refractivity contribution in [2.75, 3.05) is 0 Å². The molecule has 1 aromatic rings. The molecule has 90 valence electrons. The Labute approximate surface area is 111 Å². The predicted octanol–water partition coefficient (Wildman–Crippen LogP) is 3.85. The summed E-state index contributed by atoms with van der Waals surface area (Å²) in [6, 6.07) is 12.2. The molecule has 0 saturated carbocycles. The van der Waals surface area contributed by atoms with Gasteiger partial charge in [0.25, 0.3) is 0 Å². The van der Waals surface area contributed by atoms with E-state index in [9.17, 15) is 0 Å². The van der Waals surface area contributed by atoms with E-state index >= 15 is 0 Å². The van der Waals surface area contributed by atoms with Gasteiger partial charge in [0.15, 0.2) is 0 Å². The quantitative estimate of drug-likeness (QED) is 0.712. The van der Waals surface area contributed by atoms with Gasteiger partial charge in [-0.05, 0) is 18.9 Å². The molecule has 0 aromatic heterocycles. The third kappa shape index (κ3) is 2.46. The van der Waals surface area contributed by atoms with Gasteiger partial charge in [0.05, 0.1) is 0 Å². The summed E-state index contributed by atoms with van der Waals surface area (Å²) in [5, 5.41) is 3.24.